The van der Waals surface area contributed by atoms with Gasteiger partial charge in [0.15, 0.2) is 0 Å². The maximum Gasteiger partial charge on any atom is 0.337 e. The van der Waals surface area contributed by atoms with Gasteiger partial charge in [0.25, 0.3) is 0 Å². The molecule has 0 fully saturated rings. The summed E-state index contributed by atoms with van der Waals surface area (Å²) in [7, 11) is 0. The Labute approximate surface area is 143 Å². The summed E-state index contributed by atoms with van der Waals surface area (Å²) in [6.07, 6.45) is 0. The van der Waals surface area contributed by atoms with Gasteiger partial charge in [-0.15, -0.1) is 0 Å². The zero-order chi connectivity index (χ0) is 17.2. The molecule has 0 aliphatic heterocycles. The fraction of sp³-hybridized carbons (Fsp3) is 0. The third-order valence-corrected chi connectivity index (χ3v) is 3.86. The van der Waals surface area contributed by atoms with Gasteiger partial charge in [0.2, 0.25) is 0 Å². The number of aromatic amines is 1. The fourth-order valence-electron chi connectivity index (χ4n) is 2.65. The molecule has 0 saturated heterocycles. The Morgan fingerprint density at radius 3 is 2.32 bits per heavy atom. The molecule has 0 unspecified atom stereocenters. The van der Waals surface area contributed by atoms with Crippen molar-refractivity contribution in [1.82, 2.24) is 9.97 Å². The molecule has 1 heterocycles. The molecule has 5 nitrogen and oxygen atoms in total. The van der Waals surface area contributed by atoms with Gasteiger partial charge in [-0.05, 0) is 48.5 Å². The lowest BCUT2D eigenvalue weighted by molar-refractivity contribution is 0.0699. The minimum absolute atomic E-state index is 0.209. The van der Waals surface area contributed by atoms with Crippen LogP contribution >= 0.6 is 0 Å². The first-order valence-corrected chi connectivity index (χ1v) is 7.76. The number of carboxylic acids is 1. The zero-order valence-electron chi connectivity index (χ0n) is 13.1. The number of carbonyl (C=O) groups is 1. The van der Waals surface area contributed by atoms with Crippen molar-refractivity contribution in [3.05, 3.63) is 78.4 Å². The van der Waals surface area contributed by atoms with Crippen LogP contribution < -0.4 is 4.74 Å². The predicted molar refractivity (Wildman–Crippen MR) is 95.0 cm³/mol. The first-order chi connectivity index (χ1) is 12.2. The number of aromatic carboxylic acids is 1. The molecule has 5 heteroatoms. The average molecular weight is 330 g/mol. The number of fused-ring (bicyclic) bond motifs is 1. The SMILES string of the molecule is O=C(O)c1cccc2nc(-c3ccc(Oc4ccccc4)cc3)[nH]c12. The Morgan fingerprint density at radius 1 is 0.880 bits per heavy atom. The highest BCUT2D eigenvalue weighted by molar-refractivity contribution is 6.01. The van der Waals surface area contributed by atoms with Crippen molar-refractivity contribution in [3.63, 3.8) is 0 Å². The van der Waals surface area contributed by atoms with Gasteiger partial charge >= 0.3 is 5.97 Å². The number of nitrogens with zero attached hydrogens (tertiary/aromatic N) is 1. The lowest BCUT2D eigenvalue weighted by atomic mass is 10.2. The van der Waals surface area contributed by atoms with E-state index in [9.17, 15) is 9.90 Å². The Morgan fingerprint density at radius 2 is 1.60 bits per heavy atom. The van der Waals surface area contributed by atoms with E-state index in [0.29, 0.717) is 16.9 Å². The number of imidazole rings is 1. The highest BCUT2D eigenvalue weighted by atomic mass is 16.5. The monoisotopic (exact) mass is 330 g/mol. The molecule has 3 aromatic carbocycles. The van der Waals surface area contributed by atoms with Crippen LogP contribution in [0, 0.1) is 0 Å². The van der Waals surface area contributed by atoms with Gasteiger partial charge in [-0.3, -0.25) is 0 Å². The van der Waals surface area contributed by atoms with Gasteiger partial charge in [-0.1, -0.05) is 24.3 Å². The van der Waals surface area contributed by atoms with Crippen LogP contribution in [0.15, 0.2) is 72.8 Å². The van der Waals surface area contributed by atoms with E-state index >= 15 is 0 Å². The van der Waals surface area contributed by atoms with Crippen LogP contribution in [0.4, 0.5) is 0 Å². The van der Waals surface area contributed by atoms with Gasteiger partial charge in [0.05, 0.1) is 16.6 Å². The van der Waals surface area contributed by atoms with Crippen molar-refractivity contribution in [1.29, 1.82) is 0 Å². The smallest absolute Gasteiger partial charge is 0.337 e. The minimum Gasteiger partial charge on any atom is -0.478 e. The molecule has 2 N–H and O–H groups in total. The van der Waals surface area contributed by atoms with E-state index in [1.807, 2.05) is 54.6 Å². The Balaban J connectivity index is 1.65. The van der Waals surface area contributed by atoms with Gasteiger partial charge in [-0.25, -0.2) is 9.78 Å². The third-order valence-electron chi connectivity index (χ3n) is 3.86. The van der Waals surface area contributed by atoms with E-state index in [4.69, 9.17) is 4.74 Å². The molecule has 0 aliphatic rings. The quantitative estimate of drug-likeness (QED) is 0.568. The number of nitrogens with one attached hydrogen (secondary N) is 1. The Bertz CT molecular complexity index is 1040. The topological polar surface area (TPSA) is 75.2 Å². The normalized spacial score (nSPS) is 10.7. The average Bonchev–Trinajstić information content (AvgIpc) is 3.07. The molecule has 1 aromatic heterocycles. The maximum atomic E-state index is 11.3. The number of hydrogen-bond donors (Lipinski definition) is 2. The lowest BCUT2D eigenvalue weighted by Gasteiger charge is -2.05. The number of hydrogen-bond acceptors (Lipinski definition) is 3. The summed E-state index contributed by atoms with van der Waals surface area (Å²) in [5, 5.41) is 9.27. The highest BCUT2D eigenvalue weighted by Crippen LogP contribution is 2.26. The van der Waals surface area contributed by atoms with Gasteiger partial charge in [0.1, 0.15) is 17.3 Å². The first-order valence-electron chi connectivity index (χ1n) is 7.76. The third kappa shape index (κ3) is 2.95. The van der Waals surface area contributed by atoms with E-state index in [0.717, 1.165) is 17.1 Å². The second kappa shape index (κ2) is 6.13. The number of benzene rings is 3. The molecular weight excluding hydrogens is 316 g/mol. The molecule has 25 heavy (non-hydrogen) atoms. The second-order valence-electron chi connectivity index (χ2n) is 5.53. The van der Waals surface area contributed by atoms with Crippen molar-refractivity contribution in [2.75, 3.05) is 0 Å². The number of aromatic nitrogens is 2. The first kappa shape index (κ1) is 15.0. The summed E-state index contributed by atoms with van der Waals surface area (Å²) in [6, 6.07) is 22.1. The molecule has 0 radical (unpaired) electrons. The second-order valence-corrected chi connectivity index (χ2v) is 5.53. The summed E-state index contributed by atoms with van der Waals surface area (Å²) in [5.41, 5.74) is 2.21. The van der Waals surface area contributed by atoms with E-state index < -0.39 is 5.97 Å². The molecule has 122 valence electrons. The van der Waals surface area contributed by atoms with E-state index in [1.54, 1.807) is 18.2 Å². The molecule has 0 spiro atoms. The van der Waals surface area contributed by atoms with Gasteiger partial charge < -0.3 is 14.8 Å². The summed E-state index contributed by atoms with van der Waals surface area (Å²) in [6.45, 7) is 0. The van der Waals surface area contributed by atoms with Gasteiger partial charge in [-0.2, -0.15) is 0 Å². The van der Waals surface area contributed by atoms with E-state index in [2.05, 4.69) is 9.97 Å². The van der Waals surface area contributed by atoms with Crippen LogP contribution in [0.5, 0.6) is 11.5 Å². The zero-order valence-corrected chi connectivity index (χ0v) is 13.1. The van der Waals surface area contributed by atoms with Crippen LogP contribution in [-0.2, 0) is 0 Å². The number of rotatable bonds is 4. The molecule has 0 aliphatic carbocycles. The van der Waals surface area contributed by atoms with Crippen molar-refractivity contribution in [3.8, 4) is 22.9 Å². The molecule has 0 bridgehead atoms. The summed E-state index contributed by atoms with van der Waals surface area (Å²) in [4.78, 5) is 18.9. The molecular formula is C20H14N2O3. The number of carboxylic acid groups (broad SMARTS) is 1. The Kier molecular flexibility index (Phi) is 3.67. The Hall–Kier alpha value is -3.60. The largest absolute Gasteiger partial charge is 0.478 e. The molecule has 0 amide bonds. The molecule has 4 aromatic rings. The molecule has 0 saturated carbocycles. The lowest BCUT2D eigenvalue weighted by Crippen LogP contribution is -1.96. The molecule has 4 rings (SSSR count). The summed E-state index contributed by atoms with van der Waals surface area (Å²) < 4.78 is 5.77. The van der Waals surface area contributed by atoms with E-state index in [1.165, 1.54) is 0 Å². The van der Waals surface area contributed by atoms with Crippen LogP contribution in [0.3, 0.4) is 0 Å². The number of ether oxygens (including phenoxy) is 1. The highest BCUT2D eigenvalue weighted by Gasteiger charge is 2.13. The standard InChI is InChI=1S/C20H14N2O3/c23-20(24)16-7-4-8-17-18(16)22-19(21-17)13-9-11-15(12-10-13)25-14-5-2-1-3-6-14/h1-12H,(H,21,22)(H,23,24). The van der Waals surface area contributed by atoms with Gasteiger partial charge in [0, 0.05) is 5.56 Å². The van der Waals surface area contributed by atoms with Crippen LogP contribution in [0.1, 0.15) is 10.4 Å². The maximum absolute atomic E-state index is 11.3. The predicted octanol–water partition coefficient (Wildman–Crippen LogP) is 4.72. The van der Waals surface area contributed by atoms with E-state index in [-0.39, 0.29) is 5.56 Å². The molecule has 0 atom stereocenters. The van der Waals surface area contributed by atoms with Crippen LogP contribution in [-0.4, -0.2) is 21.0 Å². The summed E-state index contributed by atoms with van der Waals surface area (Å²) >= 11 is 0. The summed E-state index contributed by atoms with van der Waals surface area (Å²) in [5.74, 6) is 1.13. The van der Waals surface area contributed by atoms with Crippen molar-refractivity contribution in [2.24, 2.45) is 0 Å². The van der Waals surface area contributed by atoms with Crippen LogP contribution in [0.25, 0.3) is 22.4 Å². The fourth-order valence-corrected chi connectivity index (χ4v) is 2.65. The minimum atomic E-state index is -0.979. The van der Waals surface area contributed by atoms with Crippen molar-refractivity contribution < 1.29 is 14.6 Å². The number of para-hydroxylation sites is 2. The van der Waals surface area contributed by atoms with Crippen molar-refractivity contribution in [2.45, 2.75) is 0 Å². The van der Waals surface area contributed by atoms with Crippen LogP contribution in [0.2, 0.25) is 0 Å². The van der Waals surface area contributed by atoms with Crippen molar-refractivity contribution >= 4 is 17.0 Å². The number of H-pyrrole nitrogens is 1.